The van der Waals surface area contributed by atoms with E-state index < -0.39 is 0 Å². The van der Waals surface area contributed by atoms with E-state index in [-0.39, 0.29) is 0 Å². The van der Waals surface area contributed by atoms with Gasteiger partial charge in [0.15, 0.2) is 0 Å². The number of nitrogens with one attached hydrogen (secondary N) is 1. The fourth-order valence-electron chi connectivity index (χ4n) is 3.74. The second-order valence-corrected chi connectivity index (χ2v) is 6.87. The van der Waals surface area contributed by atoms with Gasteiger partial charge >= 0.3 is 0 Å². The molecule has 3 nitrogen and oxygen atoms in total. The summed E-state index contributed by atoms with van der Waals surface area (Å²) >= 11 is 0. The number of likely N-dealkylation sites (tertiary alicyclic amines) is 1. The summed E-state index contributed by atoms with van der Waals surface area (Å²) in [4.78, 5) is 2.59. The average Bonchev–Trinajstić information content (AvgIpc) is 3.16. The Labute approximate surface area is 137 Å². The van der Waals surface area contributed by atoms with Crippen LogP contribution in [-0.4, -0.2) is 28.2 Å². The molecule has 1 aromatic heterocycles. The summed E-state index contributed by atoms with van der Waals surface area (Å²) in [5.74, 6) is 0.768. The lowest BCUT2D eigenvalue weighted by atomic mass is 9.98. The van der Waals surface area contributed by atoms with E-state index in [1.165, 1.54) is 48.0 Å². The number of hydrogen-bond acceptors (Lipinski definition) is 2. The summed E-state index contributed by atoms with van der Waals surface area (Å²) < 4.78 is 0. The van der Waals surface area contributed by atoms with Crippen molar-refractivity contribution in [2.45, 2.75) is 26.3 Å². The monoisotopic (exact) mass is 305 g/mol. The Bertz CT molecular complexity index is 805. The number of benzene rings is 2. The van der Waals surface area contributed by atoms with E-state index in [1.807, 2.05) is 6.20 Å². The van der Waals surface area contributed by atoms with Crippen molar-refractivity contribution in [3.05, 3.63) is 65.4 Å². The first kappa shape index (κ1) is 14.5. The molecule has 1 fully saturated rings. The molecule has 4 rings (SSSR count). The summed E-state index contributed by atoms with van der Waals surface area (Å²) in [6.07, 6.45) is 4.39. The molecular weight excluding hydrogens is 282 g/mol. The predicted molar refractivity (Wildman–Crippen MR) is 94.4 cm³/mol. The second kappa shape index (κ2) is 6.17. The predicted octanol–water partition coefficient (Wildman–Crippen LogP) is 3.94. The van der Waals surface area contributed by atoms with Gasteiger partial charge in [-0.1, -0.05) is 35.9 Å². The second-order valence-electron chi connectivity index (χ2n) is 6.87. The Balaban J connectivity index is 1.38. The Morgan fingerprint density at radius 2 is 2.13 bits per heavy atom. The number of rotatable bonds is 4. The Morgan fingerprint density at radius 1 is 1.17 bits per heavy atom. The Hall–Kier alpha value is -2.13. The summed E-state index contributed by atoms with van der Waals surface area (Å²) in [7, 11) is 0. The number of aryl methyl sites for hydroxylation is 1. The van der Waals surface area contributed by atoms with Crippen LogP contribution < -0.4 is 0 Å². The molecule has 1 N–H and O–H groups in total. The van der Waals surface area contributed by atoms with Gasteiger partial charge in [0.25, 0.3) is 0 Å². The van der Waals surface area contributed by atoms with Gasteiger partial charge < -0.3 is 0 Å². The van der Waals surface area contributed by atoms with Gasteiger partial charge in [0.05, 0.1) is 11.7 Å². The van der Waals surface area contributed by atoms with Crippen LogP contribution in [0.1, 0.15) is 23.1 Å². The lowest BCUT2D eigenvalue weighted by Gasteiger charge is -2.16. The molecule has 0 saturated carbocycles. The average molecular weight is 305 g/mol. The molecule has 0 radical (unpaired) electrons. The third-order valence-corrected chi connectivity index (χ3v) is 4.89. The summed E-state index contributed by atoms with van der Waals surface area (Å²) in [5, 5.41) is 8.35. The first-order chi connectivity index (χ1) is 11.3. The number of hydrogen-bond donors (Lipinski definition) is 1. The molecule has 3 heteroatoms. The van der Waals surface area contributed by atoms with E-state index in [9.17, 15) is 0 Å². The van der Waals surface area contributed by atoms with Gasteiger partial charge in [-0.05, 0) is 55.5 Å². The number of fused-ring (bicyclic) bond motifs is 1. The van der Waals surface area contributed by atoms with Gasteiger partial charge in [-0.2, -0.15) is 5.10 Å². The van der Waals surface area contributed by atoms with Crippen LogP contribution in [0.3, 0.4) is 0 Å². The standard InChI is InChI=1S/C20H23N3/c1-15-3-2-4-17(9-15)13-23-8-7-18(14-23)10-16-5-6-20-19(11-16)12-21-22-20/h2-6,9,11-12,18H,7-8,10,13-14H2,1H3,(H,21,22)/t18-/m0/s1. The maximum atomic E-state index is 4.11. The Morgan fingerprint density at radius 3 is 3.04 bits per heavy atom. The van der Waals surface area contributed by atoms with Crippen LogP contribution in [0.15, 0.2) is 48.7 Å². The molecule has 1 atom stereocenters. The van der Waals surface area contributed by atoms with Crippen molar-refractivity contribution in [1.82, 2.24) is 15.1 Å². The van der Waals surface area contributed by atoms with Crippen molar-refractivity contribution in [2.75, 3.05) is 13.1 Å². The first-order valence-electron chi connectivity index (χ1n) is 8.46. The summed E-state index contributed by atoms with van der Waals surface area (Å²) in [6.45, 7) is 5.67. The zero-order chi connectivity index (χ0) is 15.6. The molecule has 118 valence electrons. The lowest BCUT2D eigenvalue weighted by Crippen LogP contribution is -2.20. The molecule has 0 unspecified atom stereocenters. The smallest absolute Gasteiger partial charge is 0.0650 e. The molecule has 23 heavy (non-hydrogen) atoms. The van der Waals surface area contributed by atoms with Crippen molar-refractivity contribution in [3.8, 4) is 0 Å². The maximum absolute atomic E-state index is 4.11. The highest BCUT2D eigenvalue weighted by molar-refractivity contribution is 5.78. The van der Waals surface area contributed by atoms with Crippen LogP contribution >= 0.6 is 0 Å². The minimum absolute atomic E-state index is 0.768. The van der Waals surface area contributed by atoms with Crippen LogP contribution in [0.4, 0.5) is 0 Å². The topological polar surface area (TPSA) is 31.9 Å². The maximum Gasteiger partial charge on any atom is 0.0650 e. The van der Waals surface area contributed by atoms with E-state index in [4.69, 9.17) is 0 Å². The third-order valence-electron chi connectivity index (χ3n) is 4.89. The minimum Gasteiger partial charge on any atom is -0.299 e. The van der Waals surface area contributed by atoms with Crippen molar-refractivity contribution in [2.24, 2.45) is 5.92 Å². The van der Waals surface area contributed by atoms with E-state index in [1.54, 1.807) is 0 Å². The fourth-order valence-corrected chi connectivity index (χ4v) is 3.74. The Kier molecular flexibility index (Phi) is 3.88. The van der Waals surface area contributed by atoms with E-state index in [2.05, 4.69) is 64.5 Å². The molecule has 1 aliphatic rings. The van der Waals surface area contributed by atoms with Gasteiger partial charge in [-0.3, -0.25) is 10.00 Å². The van der Waals surface area contributed by atoms with Crippen LogP contribution in [0, 0.1) is 12.8 Å². The minimum atomic E-state index is 0.768. The fraction of sp³-hybridized carbons (Fsp3) is 0.350. The van der Waals surface area contributed by atoms with E-state index >= 15 is 0 Å². The van der Waals surface area contributed by atoms with E-state index in [0.29, 0.717) is 0 Å². The van der Waals surface area contributed by atoms with Crippen molar-refractivity contribution in [1.29, 1.82) is 0 Å². The molecule has 0 amide bonds. The van der Waals surface area contributed by atoms with Gasteiger partial charge in [-0.25, -0.2) is 0 Å². The van der Waals surface area contributed by atoms with Crippen LogP contribution in [0.5, 0.6) is 0 Å². The van der Waals surface area contributed by atoms with E-state index in [0.717, 1.165) is 18.0 Å². The number of aromatic nitrogens is 2. The lowest BCUT2D eigenvalue weighted by molar-refractivity contribution is 0.316. The van der Waals surface area contributed by atoms with Crippen molar-refractivity contribution >= 4 is 10.9 Å². The SMILES string of the molecule is Cc1cccc(CN2CC[C@@H](Cc3ccc4[nH]ncc4c3)C2)c1. The van der Waals surface area contributed by atoms with Gasteiger partial charge in [-0.15, -0.1) is 0 Å². The first-order valence-corrected chi connectivity index (χ1v) is 8.46. The zero-order valence-corrected chi connectivity index (χ0v) is 13.6. The van der Waals surface area contributed by atoms with Crippen LogP contribution in [0.25, 0.3) is 10.9 Å². The highest BCUT2D eigenvalue weighted by Gasteiger charge is 2.22. The van der Waals surface area contributed by atoms with Crippen molar-refractivity contribution in [3.63, 3.8) is 0 Å². The largest absolute Gasteiger partial charge is 0.299 e. The molecule has 1 saturated heterocycles. The van der Waals surface area contributed by atoms with Gasteiger partial charge in [0.2, 0.25) is 0 Å². The number of nitrogens with zero attached hydrogens (tertiary/aromatic N) is 2. The molecule has 0 aliphatic carbocycles. The van der Waals surface area contributed by atoms with Gasteiger partial charge in [0.1, 0.15) is 0 Å². The summed E-state index contributed by atoms with van der Waals surface area (Å²) in [5.41, 5.74) is 5.35. The molecule has 1 aliphatic heterocycles. The molecule has 2 aromatic carbocycles. The highest BCUT2D eigenvalue weighted by atomic mass is 15.1. The van der Waals surface area contributed by atoms with Gasteiger partial charge in [0, 0.05) is 18.5 Å². The van der Waals surface area contributed by atoms with Crippen LogP contribution in [-0.2, 0) is 13.0 Å². The third kappa shape index (κ3) is 3.30. The number of aromatic amines is 1. The zero-order valence-electron chi connectivity index (χ0n) is 13.6. The molecule has 3 aromatic rings. The van der Waals surface area contributed by atoms with Crippen molar-refractivity contribution < 1.29 is 0 Å². The molecular formula is C20H23N3. The molecule has 0 bridgehead atoms. The quantitative estimate of drug-likeness (QED) is 0.792. The highest BCUT2D eigenvalue weighted by Crippen LogP contribution is 2.24. The summed E-state index contributed by atoms with van der Waals surface area (Å²) in [6, 6.07) is 15.6. The molecule has 0 spiro atoms. The number of H-pyrrole nitrogens is 1. The normalized spacial score (nSPS) is 18.7. The molecule has 2 heterocycles. The van der Waals surface area contributed by atoms with Crippen LogP contribution in [0.2, 0.25) is 0 Å².